The van der Waals surface area contributed by atoms with E-state index >= 15 is 0 Å². The molecular weight excluding hydrogens is 503 g/mol. The van der Waals surface area contributed by atoms with E-state index in [1.54, 1.807) is 36.4 Å². The molecule has 0 aliphatic heterocycles. The number of hydrogen-bond acceptors (Lipinski definition) is 3. The van der Waals surface area contributed by atoms with Crippen LogP contribution in [-0.2, 0) is 13.2 Å². The van der Waals surface area contributed by atoms with Crippen molar-refractivity contribution in [2.24, 2.45) is 0 Å². The summed E-state index contributed by atoms with van der Waals surface area (Å²) >= 11 is 21.8. The summed E-state index contributed by atoms with van der Waals surface area (Å²) in [5.41, 5.74) is 1.92. The zero-order valence-electron chi connectivity index (χ0n) is 15.2. The van der Waals surface area contributed by atoms with Gasteiger partial charge in [0.15, 0.2) is 11.5 Å². The zero-order valence-corrected chi connectivity index (χ0v) is 19.1. The topological polar surface area (TPSA) is 30.5 Å². The predicted octanol–water partition coefficient (Wildman–Crippen LogP) is 7.75. The second kappa shape index (κ2) is 9.90. The molecule has 0 saturated heterocycles. The highest BCUT2D eigenvalue weighted by Crippen LogP contribution is 2.35. The Balaban J connectivity index is 1.77. The van der Waals surface area contributed by atoms with Gasteiger partial charge in [-0.15, -0.1) is 0 Å². The molecular formula is C21H16BrCl3FNO2. The van der Waals surface area contributed by atoms with Gasteiger partial charge in [-0.25, -0.2) is 4.39 Å². The van der Waals surface area contributed by atoms with Crippen LogP contribution in [0.4, 0.5) is 10.1 Å². The average Bonchev–Trinajstić information content (AvgIpc) is 2.69. The SMILES string of the molecule is COc1cc(CNc2cc(Cl)ccc2Cl)c(Br)cc1OCc1c(F)cccc1Cl. The fraction of sp³-hybridized carbons (Fsp3) is 0.143. The summed E-state index contributed by atoms with van der Waals surface area (Å²) in [6.45, 7) is 0.445. The molecule has 3 aromatic rings. The maximum absolute atomic E-state index is 14.0. The first-order valence-corrected chi connectivity index (χ1v) is 10.4. The second-order valence-electron chi connectivity index (χ2n) is 6.06. The average molecular weight is 520 g/mol. The lowest BCUT2D eigenvalue weighted by molar-refractivity contribution is 0.279. The monoisotopic (exact) mass is 517 g/mol. The minimum atomic E-state index is -0.422. The van der Waals surface area contributed by atoms with Gasteiger partial charge in [0.1, 0.15) is 12.4 Å². The van der Waals surface area contributed by atoms with Crippen molar-refractivity contribution in [3.63, 3.8) is 0 Å². The van der Waals surface area contributed by atoms with Crippen LogP contribution >= 0.6 is 50.7 Å². The number of hydrogen-bond donors (Lipinski definition) is 1. The summed E-state index contributed by atoms with van der Waals surface area (Å²) in [6, 6.07) is 13.3. The summed E-state index contributed by atoms with van der Waals surface area (Å²) in [4.78, 5) is 0. The van der Waals surface area contributed by atoms with Crippen molar-refractivity contribution < 1.29 is 13.9 Å². The van der Waals surface area contributed by atoms with Crippen molar-refractivity contribution in [1.82, 2.24) is 0 Å². The Hall–Kier alpha value is -1.66. The molecule has 0 aromatic heterocycles. The van der Waals surface area contributed by atoms with Gasteiger partial charge < -0.3 is 14.8 Å². The van der Waals surface area contributed by atoms with Crippen molar-refractivity contribution in [2.45, 2.75) is 13.2 Å². The van der Waals surface area contributed by atoms with Crippen molar-refractivity contribution in [3.8, 4) is 11.5 Å². The Morgan fingerprint density at radius 1 is 1.00 bits per heavy atom. The normalized spacial score (nSPS) is 10.7. The fourth-order valence-electron chi connectivity index (χ4n) is 2.63. The van der Waals surface area contributed by atoms with Crippen molar-refractivity contribution >= 4 is 56.4 Å². The van der Waals surface area contributed by atoms with Gasteiger partial charge in [0.25, 0.3) is 0 Å². The molecule has 0 spiro atoms. The lowest BCUT2D eigenvalue weighted by atomic mass is 10.2. The third kappa shape index (κ3) is 5.48. The Bertz CT molecular complexity index is 1010. The summed E-state index contributed by atoms with van der Waals surface area (Å²) < 4.78 is 26.0. The van der Waals surface area contributed by atoms with Crippen LogP contribution in [0, 0.1) is 5.82 Å². The molecule has 0 atom stereocenters. The lowest BCUT2D eigenvalue weighted by Gasteiger charge is -2.16. The highest BCUT2D eigenvalue weighted by atomic mass is 79.9. The van der Waals surface area contributed by atoms with Gasteiger partial charge >= 0.3 is 0 Å². The van der Waals surface area contributed by atoms with Gasteiger partial charge in [0.2, 0.25) is 0 Å². The summed E-state index contributed by atoms with van der Waals surface area (Å²) in [7, 11) is 1.54. The van der Waals surface area contributed by atoms with E-state index in [-0.39, 0.29) is 12.2 Å². The minimum Gasteiger partial charge on any atom is -0.493 e. The van der Waals surface area contributed by atoms with Crippen LogP contribution in [0.1, 0.15) is 11.1 Å². The van der Waals surface area contributed by atoms with Gasteiger partial charge in [0.05, 0.1) is 22.8 Å². The molecule has 0 radical (unpaired) electrons. The van der Waals surface area contributed by atoms with E-state index < -0.39 is 5.82 Å². The third-order valence-electron chi connectivity index (χ3n) is 4.16. The van der Waals surface area contributed by atoms with Crippen LogP contribution in [0.25, 0.3) is 0 Å². The molecule has 0 aliphatic carbocycles. The molecule has 3 rings (SSSR count). The van der Waals surface area contributed by atoms with Gasteiger partial charge in [-0.2, -0.15) is 0 Å². The highest BCUT2D eigenvalue weighted by Gasteiger charge is 2.14. The number of anilines is 1. The van der Waals surface area contributed by atoms with Gasteiger partial charge in [-0.05, 0) is 48.0 Å². The van der Waals surface area contributed by atoms with E-state index in [9.17, 15) is 4.39 Å². The van der Waals surface area contributed by atoms with Crippen LogP contribution in [0.15, 0.2) is 53.0 Å². The van der Waals surface area contributed by atoms with Crippen LogP contribution in [0.3, 0.4) is 0 Å². The quantitative estimate of drug-likeness (QED) is 0.346. The number of benzene rings is 3. The molecule has 8 heteroatoms. The maximum Gasteiger partial charge on any atom is 0.162 e. The molecule has 3 nitrogen and oxygen atoms in total. The second-order valence-corrected chi connectivity index (χ2v) is 8.17. The zero-order chi connectivity index (χ0) is 21.0. The van der Waals surface area contributed by atoms with E-state index in [0.29, 0.717) is 33.1 Å². The summed E-state index contributed by atoms with van der Waals surface area (Å²) in [5, 5.41) is 4.71. The molecule has 3 aromatic carbocycles. The molecule has 0 unspecified atom stereocenters. The Kier molecular flexibility index (Phi) is 7.52. The van der Waals surface area contributed by atoms with E-state index in [1.165, 1.54) is 13.2 Å². The van der Waals surface area contributed by atoms with Gasteiger partial charge in [-0.3, -0.25) is 0 Å². The number of halogens is 5. The van der Waals surface area contributed by atoms with Gasteiger partial charge in [0, 0.05) is 21.6 Å². The predicted molar refractivity (Wildman–Crippen MR) is 120 cm³/mol. The van der Waals surface area contributed by atoms with E-state index in [0.717, 1.165) is 15.7 Å². The number of nitrogens with one attached hydrogen (secondary N) is 1. The van der Waals surface area contributed by atoms with E-state index in [4.69, 9.17) is 44.3 Å². The van der Waals surface area contributed by atoms with Crippen LogP contribution in [0.5, 0.6) is 11.5 Å². The Morgan fingerprint density at radius 3 is 2.52 bits per heavy atom. The lowest BCUT2D eigenvalue weighted by Crippen LogP contribution is -2.04. The van der Waals surface area contributed by atoms with Crippen LogP contribution in [0.2, 0.25) is 15.1 Å². The highest BCUT2D eigenvalue weighted by molar-refractivity contribution is 9.10. The number of methoxy groups -OCH3 is 1. The molecule has 152 valence electrons. The number of rotatable bonds is 7. The minimum absolute atomic E-state index is 0.0238. The molecule has 0 amide bonds. The summed E-state index contributed by atoms with van der Waals surface area (Å²) in [5.74, 6) is 0.549. The van der Waals surface area contributed by atoms with E-state index in [1.807, 2.05) is 6.07 Å². The van der Waals surface area contributed by atoms with E-state index in [2.05, 4.69) is 21.2 Å². The van der Waals surface area contributed by atoms with Crippen molar-refractivity contribution in [2.75, 3.05) is 12.4 Å². The van der Waals surface area contributed by atoms with Crippen molar-refractivity contribution in [3.05, 3.63) is 85.0 Å². The molecule has 1 N–H and O–H groups in total. The molecule has 0 fully saturated rings. The molecule has 0 heterocycles. The van der Waals surface area contributed by atoms with Gasteiger partial charge in [-0.1, -0.05) is 56.8 Å². The maximum atomic E-state index is 14.0. The molecule has 29 heavy (non-hydrogen) atoms. The largest absolute Gasteiger partial charge is 0.493 e. The Morgan fingerprint density at radius 2 is 1.79 bits per heavy atom. The Labute approximate surface area is 191 Å². The van der Waals surface area contributed by atoms with Crippen LogP contribution in [-0.4, -0.2) is 7.11 Å². The molecule has 0 saturated carbocycles. The summed E-state index contributed by atoms with van der Waals surface area (Å²) in [6.07, 6.45) is 0. The van der Waals surface area contributed by atoms with Crippen LogP contribution < -0.4 is 14.8 Å². The first-order valence-electron chi connectivity index (χ1n) is 8.50. The molecule has 0 aliphatic rings. The van der Waals surface area contributed by atoms with Crippen molar-refractivity contribution in [1.29, 1.82) is 0 Å². The molecule has 0 bridgehead atoms. The first kappa shape index (κ1) is 22.0. The standard InChI is InChI=1S/C21H16BrCl3FNO2/c1-28-20-7-12(10-27-19-8-13(23)5-6-17(19)25)15(22)9-21(20)29-11-14-16(24)3-2-4-18(14)26/h2-9,27H,10-11H2,1H3. The third-order valence-corrected chi connectivity index (χ3v) is 5.82. The number of ether oxygens (including phenoxy) is 2. The fourth-order valence-corrected chi connectivity index (χ4v) is 3.67. The first-order chi connectivity index (χ1) is 13.9. The smallest absolute Gasteiger partial charge is 0.162 e.